The summed E-state index contributed by atoms with van der Waals surface area (Å²) in [5.41, 5.74) is 0. The van der Waals surface area contributed by atoms with Crippen molar-refractivity contribution in [2.24, 2.45) is 11.8 Å². The summed E-state index contributed by atoms with van der Waals surface area (Å²) in [6.07, 6.45) is 30.0. The summed E-state index contributed by atoms with van der Waals surface area (Å²) < 4.78 is 17.7. The number of allylic oxidation sites excluding steroid dienone is 4. The molecule has 0 aliphatic rings. The van der Waals surface area contributed by atoms with E-state index < -0.39 is 0 Å². The van der Waals surface area contributed by atoms with Crippen LogP contribution in [0.15, 0.2) is 24.3 Å². The number of ether oxygens (including phenoxy) is 3. The summed E-state index contributed by atoms with van der Waals surface area (Å²) in [6.45, 7) is 10.5. The molecule has 0 rings (SSSR count). The minimum absolute atomic E-state index is 0.0190. The van der Waals surface area contributed by atoms with Crippen molar-refractivity contribution in [2.45, 2.75) is 162 Å². The molecule has 0 aliphatic carbocycles. The molecule has 0 aromatic carbocycles. The third-order valence-corrected chi connectivity index (χ3v) is 7.68. The molecule has 242 valence electrons. The smallest absolute Gasteiger partial charge is 0.305 e. The first kappa shape index (κ1) is 39.8. The zero-order valence-electron chi connectivity index (χ0n) is 27.6. The highest BCUT2D eigenvalue weighted by atomic mass is 16.7. The Hall–Kier alpha value is -1.17. The highest BCUT2D eigenvalue weighted by Crippen LogP contribution is 2.24. The molecule has 5 nitrogen and oxygen atoms in total. The normalized spacial score (nSPS) is 13.5. The van der Waals surface area contributed by atoms with Crippen LogP contribution in [0.25, 0.3) is 0 Å². The lowest BCUT2D eigenvalue weighted by molar-refractivity contribution is -0.160. The number of rotatable bonds is 31. The Morgan fingerprint density at radius 1 is 0.634 bits per heavy atom. The van der Waals surface area contributed by atoms with E-state index in [1.165, 1.54) is 51.4 Å². The Balaban J connectivity index is 4.51. The van der Waals surface area contributed by atoms with E-state index in [2.05, 4.69) is 52.0 Å². The van der Waals surface area contributed by atoms with Gasteiger partial charge in [-0.25, -0.2) is 0 Å². The van der Waals surface area contributed by atoms with Gasteiger partial charge in [0.15, 0.2) is 6.29 Å². The highest BCUT2D eigenvalue weighted by molar-refractivity contribution is 5.69. The predicted octanol–water partition coefficient (Wildman–Crippen LogP) is 10.1. The fourth-order valence-electron chi connectivity index (χ4n) is 4.94. The van der Waals surface area contributed by atoms with Gasteiger partial charge < -0.3 is 19.3 Å². The van der Waals surface area contributed by atoms with Gasteiger partial charge in [0.1, 0.15) is 0 Å². The van der Waals surface area contributed by atoms with Gasteiger partial charge in [-0.3, -0.25) is 4.79 Å². The first-order valence-electron chi connectivity index (χ1n) is 17.4. The molecule has 0 spiro atoms. The number of carbonyl (C=O) groups is 1. The van der Waals surface area contributed by atoms with Gasteiger partial charge in [-0.1, -0.05) is 103 Å². The Kier molecular flexibility index (Phi) is 30.9. The summed E-state index contributed by atoms with van der Waals surface area (Å²) >= 11 is 0. The van der Waals surface area contributed by atoms with Gasteiger partial charge in [0.25, 0.3) is 0 Å². The zero-order chi connectivity index (χ0) is 30.2. The quantitative estimate of drug-likeness (QED) is 0.0382. The van der Waals surface area contributed by atoms with E-state index in [9.17, 15) is 9.90 Å². The number of unbranched alkanes of at least 4 members (excludes halogenated alkanes) is 8. The predicted molar refractivity (Wildman–Crippen MR) is 174 cm³/mol. The molecule has 0 radical (unpaired) electrons. The molecular formula is C36H68O5. The van der Waals surface area contributed by atoms with Crippen LogP contribution in [-0.2, 0) is 19.0 Å². The molecule has 1 N–H and O–H groups in total. The van der Waals surface area contributed by atoms with Gasteiger partial charge >= 0.3 is 5.97 Å². The molecule has 41 heavy (non-hydrogen) atoms. The number of esters is 1. The average Bonchev–Trinajstić information content (AvgIpc) is 2.98. The molecule has 0 heterocycles. The zero-order valence-corrected chi connectivity index (χ0v) is 27.6. The van der Waals surface area contributed by atoms with Crippen molar-refractivity contribution < 1.29 is 24.1 Å². The second kappa shape index (κ2) is 31.8. The molecule has 0 saturated carbocycles. The average molecular weight is 581 g/mol. The van der Waals surface area contributed by atoms with Crippen molar-refractivity contribution in [3.63, 3.8) is 0 Å². The highest BCUT2D eigenvalue weighted by Gasteiger charge is 2.17. The lowest BCUT2D eigenvalue weighted by atomic mass is 9.88. The van der Waals surface area contributed by atoms with Gasteiger partial charge in [-0.05, 0) is 70.1 Å². The lowest BCUT2D eigenvalue weighted by Gasteiger charge is -2.21. The summed E-state index contributed by atoms with van der Waals surface area (Å²) in [5.74, 6) is 0.514. The van der Waals surface area contributed by atoms with E-state index in [1.54, 1.807) is 0 Å². The van der Waals surface area contributed by atoms with Crippen LogP contribution >= 0.6 is 0 Å². The van der Waals surface area contributed by atoms with Crippen LogP contribution in [0.1, 0.15) is 156 Å². The largest absolute Gasteiger partial charge is 0.465 e. The maximum atomic E-state index is 12.6. The summed E-state index contributed by atoms with van der Waals surface area (Å²) in [5, 5.41) is 9.93. The van der Waals surface area contributed by atoms with Gasteiger partial charge in [0.05, 0.1) is 13.0 Å². The van der Waals surface area contributed by atoms with Crippen molar-refractivity contribution in [1.82, 2.24) is 0 Å². The van der Waals surface area contributed by atoms with Crippen molar-refractivity contribution in [1.29, 1.82) is 0 Å². The fraction of sp³-hybridized carbons (Fsp3) is 0.861. The fourth-order valence-corrected chi connectivity index (χ4v) is 4.94. The molecule has 0 aromatic rings. The molecular weight excluding hydrogens is 512 g/mol. The molecule has 2 atom stereocenters. The minimum Gasteiger partial charge on any atom is -0.465 e. The molecule has 2 unspecified atom stereocenters. The van der Waals surface area contributed by atoms with Crippen LogP contribution in [0.5, 0.6) is 0 Å². The van der Waals surface area contributed by atoms with Crippen LogP contribution in [0.4, 0.5) is 0 Å². The third-order valence-electron chi connectivity index (χ3n) is 7.68. The Morgan fingerprint density at radius 2 is 1.22 bits per heavy atom. The maximum absolute atomic E-state index is 12.6. The van der Waals surface area contributed by atoms with E-state index >= 15 is 0 Å². The summed E-state index contributed by atoms with van der Waals surface area (Å²) in [7, 11) is 0. The molecule has 0 saturated heterocycles. The van der Waals surface area contributed by atoms with Crippen molar-refractivity contribution >= 4 is 5.97 Å². The van der Waals surface area contributed by atoms with E-state index in [0.29, 0.717) is 26.2 Å². The topological polar surface area (TPSA) is 65.0 Å². The Bertz CT molecular complexity index is 579. The van der Waals surface area contributed by atoms with E-state index in [0.717, 1.165) is 70.1 Å². The number of hydrogen-bond donors (Lipinski definition) is 1. The van der Waals surface area contributed by atoms with Crippen LogP contribution in [0.2, 0.25) is 0 Å². The summed E-state index contributed by atoms with van der Waals surface area (Å²) in [4.78, 5) is 12.6. The first-order valence-corrected chi connectivity index (χ1v) is 17.4. The van der Waals surface area contributed by atoms with Gasteiger partial charge in [0.2, 0.25) is 0 Å². The molecule has 0 fully saturated rings. The Labute approximate surface area is 254 Å². The van der Waals surface area contributed by atoms with Gasteiger partial charge in [-0.15, -0.1) is 0 Å². The van der Waals surface area contributed by atoms with Gasteiger partial charge in [-0.2, -0.15) is 0 Å². The van der Waals surface area contributed by atoms with Crippen LogP contribution < -0.4 is 0 Å². The van der Waals surface area contributed by atoms with Crippen molar-refractivity contribution in [3.8, 4) is 0 Å². The standard InChI is InChI=1S/C36H68O5/c1-5-9-13-16-18-21-29-39-36(40-30-22-19-17-14-10-6-2)28-27-35(38)41-32-34(31-37)26-25-33(23-12-8-4)24-20-15-11-7-3/h9-10,13-14,33-34,36-37H,5-8,11-12,15-32H2,1-4H3/b13-9-,14-10-. The number of aliphatic hydroxyl groups is 1. The third kappa shape index (κ3) is 27.4. The number of carbonyl (C=O) groups excluding carboxylic acids is 1. The monoisotopic (exact) mass is 581 g/mol. The van der Waals surface area contributed by atoms with Crippen LogP contribution in [0, 0.1) is 11.8 Å². The van der Waals surface area contributed by atoms with Crippen molar-refractivity contribution in [2.75, 3.05) is 26.4 Å². The van der Waals surface area contributed by atoms with E-state index in [1.807, 2.05) is 0 Å². The van der Waals surface area contributed by atoms with E-state index in [4.69, 9.17) is 14.2 Å². The van der Waals surface area contributed by atoms with E-state index in [-0.39, 0.29) is 31.2 Å². The molecule has 0 amide bonds. The molecule has 0 aliphatic heterocycles. The number of hydrogen-bond acceptors (Lipinski definition) is 5. The maximum Gasteiger partial charge on any atom is 0.305 e. The second-order valence-corrected chi connectivity index (χ2v) is 11.6. The minimum atomic E-state index is -0.374. The Morgan fingerprint density at radius 3 is 1.78 bits per heavy atom. The van der Waals surface area contributed by atoms with Gasteiger partial charge in [0, 0.05) is 32.2 Å². The molecule has 0 bridgehead atoms. The second-order valence-electron chi connectivity index (χ2n) is 11.6. The first-order chi connectivity index (χ1) is 20.1. The lowest BCUT2D eigenvalue weighted by Crippen LogP contribution is -2.22. The van der Waals surface area contributed by atoms with Crippen LogP contribution in [-0.4, -0.2) is 43.8 Å². The number of aliphatic hydroxyl groups excluding tert-OH is 1. The van der Waals surface area contributed by atoms with Crippen molar-refractivity contribution in [3.05, 3.63) is 24.3 Å². The molecule has 5 heteroatoms. The van der Waals surface area contributed by atoms with Crippen LogP contribution in [0.3, 0.4) is 0 Å². The SMILES string of the molecule is CC/C=C\CCCCOC(CCC(=O)OCC(CO)CCC(CCCC)CCCCCC)OCCCC/C=C\CC. The summed E-state index contributed by atoms with van der Waals surface area (Å²) in [6, 6.07) is 0. The molecule has 0 aromatic heterocycles.